The fourth-order valence-electron chi connectivity index (χ4n) is 2.72. The maximum absolute atomic E-state index is 13.4. The van der Waals surface area contributed by atoms with Crippen LogP contribution < -0.4 is 0 Å². The first-order chi connectivity index (χ1) is 11.1. The van der Waals surface area contributed by atoms with Crippen molar-refractivity contribution < 1.29 is 13.6 Å². The monoisotopic (exact) mass is 333 g/mol. The molecule has 3 rings (SSSR count). The summed E-state index contributed by atoms with van der Waals surface area (Å²) < 4.78 is 26.7. The number of nitrogens with zero attached hydrogens (tertiary/aromatic N) is 1. The van der Waals surface area contributed by atoms with E-state index in [4.69, 9.17) is 0 Å². The number of ketones is 1. The summed E-state index contributed by atoms with van der Waals surface area (Å²) >= 11 is 1.93. The van der Waals surface area contributed by atoms with Crippen LogP contribution in [0.4, 0.5) is 8.78 Å². The largest absolute Gasteiger partial charge is 0.297 e. The number of benzene rings is 2. The molecule has 0 saturated carbocycles. The molecule has 2 aromatic rings. The Kier molecular flexibility index (Phi) is 5.08. The first-order valence-corrected chi connectivity index (χ1v) is 8.68. The molecule has 0 aliphatic carbocycles. The Labute approximate surface area is 138 Å². The first kappa shape index (κ1) is 16.1. The summed E-state index contributed by atoms with van der Waals surface area (Å²) in [6.07, 6.45) is 0. The van der Waals surface area contributed by atoms with Gasteiger partial charge in [0.25, 0.3) is 0 Å². The van der Waals surface area contributed by atoms with Crippen LogP contribution >= 0.6 is 11.8 Å². The van der Waals surface area contributed by atoms with Gasteiger partial charge >= 0.3 is 0 Å². The highest BCUT2D eigenvalue weighted by Gasteiger charge is 2.18. The fourth-order valence-corrected chi connectivity index (χ4v) is 3.70. The minimum absolute atomic E-state index is 0.0455. The van der Waals surface area contributed by atoms with E-state index in [0.717, 1.165) is 48.4 Å². The van der Waals surface area contributed by atoms with Gasteiger partial charge in [0.15, 0.2) is 5.78 Å². The molecule has 0 atom stereocenters. The summed E-state index contributed by atoms with van der Waals surface area (Å²) in [7, 11) is 0. The van der Waals surface area contributed by atoms with Gasteiger partial charge in [-0.25, -0.2) is 8.78 Å². The van der Waals surface area contributed by atoms with Gasteiger partial charge < -0.3 is 0 Å². The first-order valence-electron chi connectivity index (χ1n) is 7.52. The molecule has 1 fully saturated rings. The molecule has 120 valence electrons. The maximum atomic E-state index is 13.4. The molecule has 0 radical (unpaired) electrons. The molecule has 0 aromatic heterocycles. The molecule has 5 heteroatoms. The summed E-state index contributed by atoms with van der Waals surface area (Å²) in [6, 6.07) is 10.2. The van der Waals surface area contributed by atoms with Crippen LogP contribution in [0.2, 0.25) is 0 Å². The van der Waals surface area contributed by atoms with Crippen molar-refractivity contribution in [2.45, 2.75) is 6.54 Å². The van der Waals surface area contributed by atoms with Gasteiger partial charge in [-0.2, -0.15) is 11.8 Å². The summed E-state index contributed by atoms with van der Waals surface area (Å²) in [5, 5.41) is 0. The van der Waals surface area contributed by atoms with E-state index in [0.29, 0.717) is 12.1 Å². The SMILES string of the molecule is O=C(c1cc(F)cc(F)c1)c1ccccc1CN1CCSCC1. The number of thioether (sulfide) groups is 1. The molecule has 1 aliphatic heterocycles. The number of hydrogen-bond donors (Lipinski definition) is 0. The molecule has 0 bridgehead atoms. The fraction of sp³-hybridized carbons (Fsp3) is 0.278. The van der Waals surface area contributed by atoms with Gasteiger partial charge in [-0.1, -0.05) is 24.3 Å². The Balaban J connectivity index is 1.88. The third-order valence-corrected chi connectivity index (χ3v) is 4.83. The van der Waals surface area contributed by atoms with Gasteiger partial charge in [0, 0.05) is 48.3 Å². The van der Waals surface area contributed by atoms with E-state index < -0.39 is 11.6 Å². The van der Waals surface area contributed by atoms with Crippen LogP contribution in [0.25, 0.3) is 0 Å². The predicted octanol–water partition coefficient (Wildman–Crippen LogP) is 3.74. The van der Waals surface area contributed by atoms with Crippen LogP contribution in [0.3, 0.4) is 0 Å². The second-order valence-electron chi connectivity index (χ2n) is 5.53. The number of hydrogen-bond acceptors (Lipinski definition) is 3. The molecule has 0 amide bonds. The van der Waals surface area contributed by atoms with Crippen LogP contribution in [0, 0.1) is 11.6 Å². The molecular weight excluding hydrogens is 316 g/mol. The third kappa shape index (κ3) is 3.98. The Morgan fingerprint density at radius 2 is 1.70 bits per heavy atom. The minimum atomic E-state index is -0.737. The van der Waals surface area contributed by atoms with Crippen molar-refractivity contribution >= 4 is 17.5 Å². The van der Waals surface area contributed by atoms with E-state index in [9.17, 15) is 13.6 Å². The number of rotatable bonds is 4. The van der Waals surface area contributed by atoms with E-state index in [2.05, 4.69) is 4.90 Å². The highest BCUT2D eigenvalue weighted by atomic mass is 32.2. The highest BCUT2D eigenvalue weighted by molar-refractivity contribution is 7.99. The average molecular weight is 333 g/mol. The Morgan fingerprint density at radius 3 is 2.39 bits per heavy atom. The number of carbonyl (C=O) groups excluding carboxylic acids is 1. The van der Waals surface area contributed by atoms with Crippen LogP contribution in [0.5, 0.6) is 0 Å². The van der Waals surface area contributed by atoms with Gasteiger partial charge in [0.2, 0.25) is 0 Å². The van der Waals surface area contributed by atoms with E-state index in [1.54, 1.807) is 12.1 Å². The summed E-state index contributed by atoms with van der Waals surface area (Å²) in [5.41, 5.74) is 1.45. The van der Waals surface area contributed by atoms with Crippen molar-refractivity contribution in [3.05, 3.63) is 70.8 Å². The van der Waals surface area contributed by atoms with Crippen molar-refractivity contribution in [3.8, 4) is 0 Å². The molecular formula is C18H17F2NOS. The van der Waals surface area contributed by atoms with Gasteiger partial charge in [0.05, 0.1) is 0 Å². The maximum Gasteiger partial charge on any atom is 0.193 e. The summed E-state index contributed by atoms with van der Waals surface area (Å²) in [6.45, 7) is 2.66. The van der Waals surface area contributed by atoms with Gasteiger partial charge in [-0.3, -0.25) is 9.69 Å². The normalized spacial score (nSPS) is 15.6. The Hall–Kier alpha value is -1.72. The van der Waals surface area contributed by atoms with Crippen molar-refractivity contribution in [3.63, 3.8) is 0 Å². The van der Waals surface area contributed by atoms with Crippen LogP contribution in [-0.2, 0) is 6.54 Å². The van der Waals surface area contributed by atoms with E-state index in [1.165, 1.54) is 0 Å². The van der Waals surface area contributed by atoms with Gasteiger partial charge in [0.1, 0.15) is 11.6 Å². The molecule has 1 heterocycles. The lowest BCUT2D eigenvalue weighted by Crippen LogP contribution is -2.32. The molecule has 0 N–H and O–H groups in total. The molecule has 23 heavy (non-hydrogen) atoms. The lowest BCUT2D eigenvalue weighted by molar-refractivity contribution is 0.103. The Bertz CT molecular complexity index is 694. The summed E-state index contributed by atoms with van der Waals surface area (Å²) in [5.74, 6) is 0.361. The molecule has 0 spiro atoms. The smallest absolute Gasteiger partial charge is 0.193 e. The molecule has 0 unspecified atom stereocenters. The van der Waals surface area contributed by atoms with Crippen LogP contribution in [0.15, 0.2) is 42.5 Å². The van der Waals surface area contributed by atoms with Crippen LogP contribution in [-0.4, -0.2) is 35.3 Å². The second kappa shape index (κ2) is 7.23. The van der Waals surface area contributed by atoms with Crippen LogP contribution in [0.1, 0.15) is 21.5 Å². The van der Waals surface area contributed by atoms with Crippen molar-refractivity contribution in [2.24, 2.45) is 0 Å². The molecule has 1 aliphatic rings. The predicted molar refractivity (Wildman–Crippen MR) is 88.8 cm³/mol. The zero-order valence-electron chi connectivity index (χ0n) is 12.6. The van der Waals surface area contributed by atoms with Crippen molar-refractivity contribution in [2.75, 3.05) is 24.6 Å². The average Bonchev–Trinajstić information content (AvgIpc) is 2.55. The topological polar surface area (TPSA) is 20.3 Å². The minimum Gasteiger partial charge on any atom is -0.297 e. The second-order valence-corrected chi connectivity index (χ2v) is 6.76. The highest BCUT2D eigenvalue weighted by Crippen LogP contribution is 2.20. The van der Waals surface area contributed by atoms with E-state index >= 15 is 0 Å². The lowest BCUT2D eigenvalue weighted by Gasteiger charge is -2.26. The standard InChI is InChI=1S/C18H17F2NOS/c19-15-9-14(10-16(20)11-15)18(22)17-4-2-1-3-13(17)12-21-5-7-23-8-6-21/h1-4,9-11H,5-8,12H2. The van der Waals surface area contributed by atoms with E-state index in [1.807, 2.05) is 23.9 Å². The quantitative estimate of drug-likeness (QED) is 0.795. The molecule has 2 aromatic carbocycles. The number of carbonyl (C=O) groups is 1. The zero-order chi connectivity index (χ0) is 16.2. The third-order valence-electron chi connectivity index (χ3n) is 3.88. The zero-order valence-corrected chi connectivity index (χ0v) is 13.4. The van der Waals surface area contributed by atoms with E-state index in [-0.39, 0.29) is 11.3 Å². The Morgan fingerprint density at radius 1 is 1.04 bits per heavy atom. The van der Waals surface area contributed by atoms with Crippen molar-refractivity contribution in [1.82, 2.24) is 4.90 Å². The number of halogens is 2. The van der Waals surface area contributed by atoms with Gasteiger partial charge in [-0.15, -0.1) is 0 Å². The lowest BCUT2D eigenvalue weighted by atomic mass is 9.98. The van der Waals surface area contributed by atoms with Crippen molar-refractivity contribution in [1.29, 1.82) is 0 Å². The molecule has 1 saturated heterocycles. The molecule has 2 nitrogen and oxygen atoms in total. The van der Waals surface area contributed by atoms with Gasteiger partial charge in [-0.05, 0) is 17.7 Å². The summed E-state index contributed by atoms with van der Waals surface area (Å²) in [4.78, 5) is 15.0.